The Bertz CT molecular complexity index is 642. The van der Waals surface area contributed by atoms with Crippen molar-refractivity contribution in [2.75, 3.05) is 11.9 Å². The number of hydrogen-bond acceptors (Lipinski definition) is 2. The summed E-state index contributed by atoms with van der Waals surface area (Å²) in [6.45, 7) is 2.76. The average Bonchev–Trinajstić information content (AvgIpc) is 3.12. The maximum absolute atomic E-state index is 12.6. The van der Waals surface area contributed by atoms with Crippen molar-refractivity contribution in [3.05, 3.63) is 51.2 Å². The lowest BCUT2D eigenvalue weighted by Gasteiger charge is -2.24. The molecule has 0 bridgehead atoms. The summed E-state index contributed by atoms with van der Waals surface area (Å²) in [6, 6.07) is 9.84. The number of nitrogens with one attached hydrogen (secondary N) is 1. The second-order valence-electron chi connectivity index (χ2n) is 5.26. The molecule has 2 amide bonds. The smallest absolute Gasteiger partial charge is 0.317 e. The van der Waals surface area contributed by atoms with Crippen molar-refractivity contribution < 1.29 is 4.79 Å². The van der Waals surface area contributed by atoms with E-state index in [1.54, 1.807) is 17.4 Å². The summed E-state index contributed by atoms with van der Waals surface area (Å²) in [5.41, 5.74) is 1.80. The summed E-state index contributed by atoms with van der Waals surface area (Å²) in [5.74, 6) is 0. The van der Waals surface area contributed by atoms with E-state index in [1.165, 1.54) is 4.88 Å². The topological polar surface area (TPSA) is 32.3 Å². The van der Waals surface area contributed by atoms with Crippen LogP contribution < -0.4 is 5.32 Å². The van der Waals surface area contributed by atoms with Gasteiger partial charge in [0.25, 0.3) is 0 Å². The number of nitrogens with zero attached hydrogens (tertiary/aromatic N) is 1. The van der Waals surface area contributed by atoms with Gasteiger partial charge in [0.1, 0.15) is 0 Å². The molecule has 3 nitrogen and oxygen atoms in total. The van der Waals surface area contributed by atoms with Crippen molar-refractivity contribution in [1.29, 1.82) is 0 Å². The molecule has 5 heteroatoms. The Labute approximate surface area is 133 Å². The van der Waals surface area contributed by atoms with Crippen LogP contribution in [0.15, 0.2) is 35.7 Å². The molecular formula is C16H17ClN2OS. The molecule has 0 saturated carbocycles. The minimum absolute atomic E-state index is 0.0451. The van der Waals surface area contributed by atoms with Gasteiger partial charge in [0.2, 0.25) is 0 Å². The van der Waals surface area contributed by atoms with Crippen LogP contribution >= 0.6 is 22.9 Å². The first-order valence-electron chi connectivity index (χ1n) is 7.02. The summed E-state index contributed by atoms with van der Waals surface area (Å²) < 4.78 is 0. The largest absolute Gasteiger partial charge is 0.322 e. The quantitative estimate of drug-likeness (QED) is 0.822. The highest BCUT2D eigenvalue weighted by Crippen LogP contribution is 2.35. The van der Waals surface area contributed by atoms with Crippen LogP contribution in [0.2, 0.25) is 5.02 Å². The number of rotatable bonds is 2. The molecule has 1 aliphatic rings. The van der Waals surface area contributed by atoms with E-state index < -0.39 is 0 Å². The van der Waals surface area contributed by atoms with E-state index in [-0.39, 0.29) is 12.1 Å². The van der Waals surface area contributed by atoms with E-state index in [0.717, 1.165) is 30.6 Å². The predicted molar refractivity (Wildman–Crippen MR) is 88.2 cm³/mol. The summed E-state index contributed by atoms with van der Waals surface area (Å²) in [4.78, 5) is 15.7. The number of urea groups is 1. The lowest BCUT2D eigenvalue weighted by Crippen LogP contribution is -2.34. The van der Waals surface area contributed by atoms with Gasteiger partial charge in [-0.1, -0.05) is 23.7 Å². The molecule has 110 valence electrons. The Balaban J connectivity index is 1.77. The normalized spacial score (nSPS) is 18.0. The summed E-state index contributed by atoms with van der Waals surface area (Å²) in [5, 5.41) is 5.68. The number of amides is 2. The van der Waals surface area contributed by atoms with E-state index >= 15 is 0 Å². The first-order chi connectivity index (χ1) is 10.1. The van der Waals surface area contributed by atoms with Gasteiger partial charge in [0.05, 0.1) is 6.04 Å². The first-order valence-corrected chi connectivity index (χ1v) is 8.28. The fraction of sp³-hybridized carbons (Fsp3) is 0.312. The molecule has 1 atom stereocenters. The van der Waals surface area contributed by atoms with Crippen molar-refractivity contribution in [2.24, 2.45) is 0 Å². The van der Waals surface area contributed by atoms with Crippen LogP contribution in [0.4, 0.5) is 10.5 Å². The highest BCUT2D eigenvalue weighted by atomic mass is 35.5. The molecule has 1 aromatic carbocycles. The van der Waals surface area contributed by atoms with Gasteiger partial charge in [-0.2, -0.15) is 0 Å². The Morgan fingerprint density at radius 2 is 2.29 bits per heavy atom. The molecule has 0 spiro atoms. The van der Waals surface area contributed by atoms with Gasteiger partial charge in [-0.3, -0.25) is 0 Å². The molecule has 1 aromatic heterocycles. The van der Waals surface area contributed by atoms with E-state index in [4.69, 9.17) is 11.6 Å². The minimum atomic E-state index is -0.0451. The van der Waals surface area contributed by atoms with Crippen molar-refractivity contribution >= 4 is 34.7 Å². The average molecular weight is 321 g/mol. The number of thiophene rings is 1. The maximum atomic E-state index is 12.6. The Morgan fingerprint density at radius 3 is 3.05 bits per heavy atom. The summed E-state index contributed by atoms with van der Waals surface area (Å²) in [7, 11) is 0. The summed E-state index contributed by atoms with van der Waals surface area (Å²) in [6.07, 6.45) is 2.08. The molecule has 1 N–H and O–H groups in total. The third-order valence-electron chi connectivity index (χ3n) is 3.83. The molecule has 2 heterocycles. The second-order valence-corrected chi connectivity index (χ2v) is 6.67. The monoisotopic (exact) mass is 320 g/mol. The number of carbonyl (C=O) groups is 1. The van der Waals surface area contributed by atoms with E-state index in [2.05, 4.69) is 16.8 Å². The van der Waals surface area contributed by atoms with Gasteiger partial charge in [0.15, 0.2) is 0 Å². The predicted octanol–water partition coefficient (Wildman–Crippen LogP) is 5.08. The number of anilines is 1. The van der Waals surface area contributed by atoms with Crippen LogP contribution in [-0.2, 0) is 0 Å². The van der Waals surface area contributed by atoms with Crippen molar-refractivity contribution in [3.63, 3.8) is 0 Å². The minimum Gasteiger partial charge on any atom is -0.317 e. The molecular weight excluding hydrogens is 304 g/mol. The molecule has 0 unspecified atom stereocenters. The fourth-order valence-corrected chi connectivity index (χ4v) is 3.75. The zero-order valence-electron chi connectivity index (χ0n) is 11.8. The number of aryl methyl sites for hydroxylation is 1. The van der Waals surface area contributed by atoms with Crippen LogP contribution in [0, 0.1) is 6.92 Å². The molecule has 1 saturated heterocycles. The van der Waals surface area contributed by atoms with Crippen molar-refractivity contribution in [1.82, 2.24) is 4.90 Å². The highest BCUT2D eigenvalue weighted by Gasteiger charge is 2.30. The van der Waals surface area contributed by atoms with E-state index in [1.807, 2.05) is 30.0 Å². The zero-order chi connectivity index (χ0) is 14.8. The van der Waals surface area contributed by atoms with E-state index in [9.17, 15) is 4.79 Å². The third-order valence-corrected chi connectivity index (χ3v) is 5.04. The Morgan fingerprint density at radius 1 is 1.43 bits per heavy atom. The van der Waals surface area contributed by atoms with Crippen LogP contribution in [0.5, 0.6) is 0 Å². The highest BCUT2D eigenvalue weighted by molar-refractivity contribution is 7.10. The van der Waals surface area contributed by atoms with Gasteiger partial charge in [-0.25, -0.2) is 4.79 Å². The SMILES string of the molecule is Cc1ccc(Cl)cc1NC(=O)N1CCC[C@@H]1c1cccs1. The second kappa shape index (κ2) is 6.08. The van der Waals surface area contributed by atoms with Gasteiger partial charge >= 0.3 is 6.03 Å². The maximum Gasteiger partial charge on any atom is 0.322 e. The Kier molecular flexibility index (Phi) is 4.17. The molecule has 0 radical (unpaired) electrons. The third kappa shape index (κ3) is 3.06. The number of likely N-dealkylation sites (tertiary alicyclic amines) is 1. The molecule has 1 aliphatic heterocycles. The van der Waals surface area contributed by atoms with Crippen LogP contribution in [0.1, 0.15) is 29.3 Å². The van der Waals surface area contributed by atoms with Crippen LogP contribution in [0.3, 0.4) is 0 Å². The van der Waals surface area contributed by atoms with Gasteiger partial charge in [-0.05, 0) is 48.9 Å². The first kappa shape index (κ1) is 14.4. The van der Waals surface area contributed by atoms with Gasteiger partial charge in [0, 0.05) is 22.1 Å². The van der Waals surface area contributed by atoms with E-state index in [0.29, 0.717) is 5.02 Å². The lowest BCUT2D eigenvalue weighted by molar-refractivity contribution is 0.208. The lowest BCUT2D eigenvalue weighted by atomic mass is 10.2. The van der Waals surface area contributed by atoms with Crippen molar-refractivity contribution in [3.8, 4) is 0 Å². The number of halogens is 1. The molecule has 3 rings (SSSR count). The Hall–Kier alpha value is -1.52. The number of carbonyl (C=O) groups excluding carboxylic acids is 1. The zero-order valence-corrected chi connectivity index (χ0v) is 13.4. The molecule has 21 heavy (non-hydrogen) atoms. The molecule has 1 fully saturated rings. The fourth-order valence-electron chi connectivity index (χ4n) is 2.70. The van der Waals surface area contributed by atoms with Gasteiger partial charge in [-0.15, -0.1) is 11.3 Å². The molecule has 2 aromatic rings. The van der Waals surface area contributed by atoms with Crippen LogP contribution in [0.25, 0.3) is 0 Å². The van der Waals surface area contributed by atoms with Crippen LogP contribution in [-0.4, -0.2) is 17.5 Å². The van der Waals surface area contributed by atoms with Gasteiger partial charge < -0.3 is 10.2 Å². The van der Waals surface area contributed by atoms with Crippen molar-refractivity contribution in [2.45, 2.75) is 25.8 Å². The standard InChI is InChI=1S/C16H17ClN2OS/c1-11-6-7-12(17)10-13(11)18-16(20)19-8-2-4-14(19)15-5-3-9-21-15/h3,5-7,9-10,14H,2,4,8H2,1H3,(H,18,20)/t14-/m1/s1. The number of hydrogen-bond donors (Lipinski definition) is 1. The summed E-state index contributed by atoms with van der Waals surface area (Å²) >= 11 is 7.72. The number of benzene rings is 1. The molecule has 0 aliphatic carbocycles.